The summed E-state index contributed by atoms with van der Waals surface area (Å²) in [5.41, 5.74) is 0. The third-order valence-corrected chi connectivity index (χ3v) is 10.8. The summed E-state index contributed by atoms with van der Waals surface area (Å²) in [6.07, 6.45) is 44.9. The van der Waals surface area contributed by atoms with E-state index >= 15 is 0 Å². The molecule has 0 spiro atoms. The van der Waals surface area contributed by atoms with E-state index < -0.39 is 20.0 Å². The van der Waals surface area contributed by atoms with Crippen LogP contribution in [0.25, 0.3) is 0 Å². The van der Waals surface area contributed by atoms with Crippen molar-refractivity contribution in [2.24, 2.45) is 0 Å². The molecule has 0 aliphatic heterocycles. The van der Waals surface area contributed by atoms with Crippen LogP contribution in [0.5, 0.6) is 0 Å². The number of phosphoric acid groups is 1. The Balaban J connectivity index is 4.44. The van der Waals surface area contributed by atoms with Crippen molar-refractivity contribution in [2.75, 3.05) is 40.9 Å². The molecular formula is C45H88N2O6P+. The highest BCUT2D eigenvalue weighted by atomic mass is 31.2. The first-order chi connectivity index (χ1) is 26.0. The Hall–Kier alpha value is -1.28. The van der Waals surface area contributed by atoms with Gasteiger partial charge >= 0.3 is 7.82 Å². The fourth-order valence-corrected chi connectivity index (χ4v) is 6.97. The summed E-state index contributed by atoms with van der Waals surface area (Å²) in [7, 11) is 1.56. The molecule has 318 valence electrons. The van der Waals surface area contributed by atoms with Crippen molar-refractivity contribution in [1.82, 2.24) is 5.32 Å². The number of hydrogen-bond donors (Lipinski definition) is 3. The number of quaternary nitrogens is 1. The second kappa shape index (κ2) is 37.3. The van der Waals surface area contributed by atoms with E-state index in [4.69, 9.17) is 9.05 Å². The normalized spacial score (nSPS) is 14.7. The van der Waals surface area contributed by atoms with Gasteiger partial charge in [-0.15, -0.1) is 0 Å². The number of allylic oxidation sites excluding steroid dienone is 5. The number of likely N-dealkylation sites (N-methyl/N-ethyl adjacent to an activating group) is 1. The van der Waals surface area contributed by atoms with E-state index in [0.717, 1.165) is 64.2 Å². The van der Waals surface area contributed by atoms with Gasteiger partial charge in [-0.2, -0.15) is 0 Å². The summed E-state index contributed by atoms with van der Waals surface area (Å²) in [5.74, 6) is -0.192. The summed E-state index contributed by atoms with van der Waals surface area (Å²) < 4.78 is 23.5. The lowest BCUT2D eigenvalue weighted by atomic mass is 10.0. The zero-order chi connectivity index (χ0) is 40.0. The van der Waals surface area contributed by atoms with Gasteiger partial charge in [0.25, 0.3) is 0 Å². The molecule has 0 bridgehead atoms. The predicted octanol–water partition coefficient (Wildman–Crippen LogP) is 12.3. The Labute approximate surface area is 334 Å². The van der Waals surface area contributed by atoms with Gasteiger partial charge in [0.1, 0.15) is 13.2 Å². The minimum atomic E-state index is -4.34. The van der Waals surface area contributed by atoms with Crippen LogP contribution in [-0.4, -0.2) is 73.4 Å². The molecule has 0 aromatic carbocycles. The van der Waals surface area contributed by atoms with Crippen molar-refractivity contribution < 1.29 is 32.9 Å². The fourth-order valence-electron chi connectivity index (χ4n) is 6.23. The molecule has 0 fully saturated rings. The van der Waals surface area contributed by atoms with E-state index in [0.29, 0.717) is 17.4 Å². The Bertz CT molecular complexity index is 980. The van der Waals surface area contributed by atoms with Crippen molar-refractivity contribution in [2.45, 2.75) is 206 Å². The van der Waals surface area contributed by atoms with Gasteiger partial charge in [-0.25, -0.2) is 4.57 Å². The van der Waals surface area contributed by atoms with Crippen LogP contribution >= 0.6 is 7.82 Å². The van der Waals surface area contributed by atoms with Gasteiger partial charge in [0.15, 0.2) is 0 Å². The van der Waals surface area contributed by atoms with Crippen LogP contribution in [0.3, 0.4) is 0 Å². The van der Waals surface area contributed by atoms with Crippen molar-refractivity contribution in [3.63, 3.8) is 0 Å². The van der Waals surface area contributed by atoms with Crippen molar-refractivity contribution >= 4 is 13.7 Å². The highest BCUT2D eigenvalue weighted by molar-refractivity contribution is 7.47. The van der Waals surface area contributed by atoms with Crippen molar-refractivity contribution in [3.8, 4) is 0 Å². The highest BCUT2D eigenvalue weighted by Crippen LogP contribution is 2.43. The van der Waals surface area contributed by atoms with Gasteiger partial charge in [0.05, 0.1) is 39.9 Å². The van der Waals surface area contributed by atoms with Crippen LogP contribution in [0.2, 0.25) is 0 Å². The van der Waals surface area contributed by atoms with Gasteiger partial charge in [-0.3, -0.25) is 13.8 Å². The van der Waals surface area contributed by atoms with Gasteiger partial charge in [0, 0.05) is 6.42 Å². The Kier molecular flexibility index (Phi) is 36.4. The maximum Gasteiger partial charge on any atom is 0.472 e. The van der Waals surface area contributed by atoms with E-state index in [9.17, 15) is 19.4 Å². The highest BCUT2D eigenvalue weighted by Gasteiger charge is 2.27. The third kappa shape index (κ3) is 39.0. The van der Waals surface area contributed by atoms with Crippen molar-refractivity contribution in [1.29, 1.82) is 0 Å². The molecule has 9 heteroatoms. The summed E-state index contributed by atoms with van der Waals surface area (Å²) >= 11 is 0. The Morgan fingerprint density at radius 3 is 1.57 bits per heavy atom. The zero-order valence-corrected chi connectivity index (χ0v) is 36.9. The monoisotopic (exact) mass is 784 g/mol. The number of hydrogen-bond acceptors (Lipinski definition) is 5. The van der Waals surface area contributed by atoms with Gasteiger partial charge in [-0.05, 0) is 44.9 Å². The van der Waals surface area contributed by atoms with Gasteiger partial charge < -0.3 is 19.8 Å². The minimum Gasteiger partial charge on any atom is -0.387 e. The number of amides is 1. The maximum absolute atomic E-state index is 12.8. The standard InChI is InChI=1S/C45H87N2O6P/c1-6-8-10-12-14-16-18-20-22-23-24-25-26-28-30-32-34-36-38-44(48)43(42-53-54(50,51)52-41-40-47(3,4)5)46-45(49)39-37-35-33-31-29-27-21-19-17-15-13-11-9-7-2/h13,15,19,21,36,38,43-44,48H,6-12,14,16-18,20,22-35,37,39-42H2,1-5H3,(H-,46,49,50,51)/p+1/b15-13-,21-19-,38-36+. The largest absolute Gasteiger partial charge is 0.472 e. The number of rotatable bonds is 40. The van der Waals surface area contributed by atoms with Crippen LogP contribution in [0.15, 0.2) is 36.5 Å². The Morgan fingerprint density at radius 2 is 1.07 bits per heavy atom. The summed E-state index contributed by atoms with van der Waals surface area (Å²) in [6.45, 7) is 4.76. The molecule has 0 aromatic heterocycles. The number of nitrogens with one attached hydrogen (secondary N) is 1. The summed E-state index contributed by atoms with van der Waals surface area (Å²) in [4.78, 5) is 23.1. The minimum absolute atomic E-state index is 0.0584. The second-order valence-corrected chi connectivity index (χ2v) is 17.9. The molecule has 0 radical (unpaired) electrons. The van der Waals surface area contributed by atoms with Gasteiger partial charge in [-0.1, -0.05) is 179 Å². The lowest BCUT2D eigenvalue weighted by Crippen LogP contribution is -2.45. The first-order valence-electron chi connectivity index (χ1n) is 22.4. The fraction of sp³-hybridized carbons (Fsp3) is 0.844. The summed E-state index contributed by atoms with van der Waals surface area (Å²) in [6, 6.07) is -0.852. The lowest BCUT2D eigenvalue weighted by Gasteiger charge is -2.25. The van der Waals surface area contributed by atoms with Crippen LogP contribution in [0.1, 0.15) is 194 Å². The number of aliphatic hydroxyl groups is 1. The smallest absolute Gasteiger partial charge is 0.387 e. The molecule has 0 aromatic rings. The first-order valence-corrected chi connectivity index (χ1v) is 23.9. The zero-order valence-electron chi connectivity index (χ0n) is 36.0. The van der Waals surface area contributed by atoms with E-state index in [-0.39, 0.29) is 19.1 Å². The SMILES string of the molecule is CCCC/C=C\C/C=C\CCCCCCCC(=O)NC(COP(=O)(O)OCC[N+](C)(C)C)C(O)/C=C/CCCCCCCCCCCCCCCCCC. The summed E-state index contributed by atoms with van der Waals surface area (Å²) in [5, 5.41) is 13.8. The molecule has 3 N–H and O–H groups in total. The third-order valence-electron chi connectivity index (χ3n) is 9.85. The van der Waals surface area contributed by atoms with Gasteiger partial charge in [0.2, 0.25) is 5.91 Å². The number of carbonyl (C=O) groups is 1. The predicted molar refractivity (Wildman–Crippen MR) is 231 cm³/mol. The van der Waals surface area contributed by atoms with E-state index in [1.54, 1.807) is 6.08 Å². The molecule has 3 atom stereocenters. The molecule has 0 saturated carbocycles. The van der Waals surface area contributed by atoms with Crippen molar-refractivity contribution in [3.05, 3.63) is 36.5 Å². The molecule has 3 unspecified atom stereocenters. The molecular weight excluding hydrogens is 695 g/mol. The Morgan fingerprint density at radius 1 is 0.630 bits per heavy atom. The first kappa shape index (κ1) is 52.7. The number of nitrogens with zero attached hydrogens (tertiary/aromatic N) is 1. The van der Waals surface area contributed by atoms with E-state index in [1.807, 2.05) is 27.2 Å². The van der Waals surface area contributed by atoms with E-state index in [1.165, 1.54) is 109 Å². The number of aliphatic hydroxyl groups excluding tert-OH is 1. The molecule has 0 aliphatic carbocycles. The average Bonchev–Trinajstić information content (AvgIpc) is 3.12. The molecule has 0 aliphatic rings. The molecule has 1 amide bonds. The van der Waals surface area contributed by atoms with Crippen LogP contribution in [0.4, 0.5) is 0 Å². The number of unbranched alkanes of at least 4 members (excludes halogenated alkanes) is 23. The quantitative estimate of drug-likeness (QED) is 0.0247. The van der Waals surface area contributed by atoms with Crippen LogP contribution < -0.4 is 5.32 Å². The average molecular weight is 784 g/mol. The van der Waals surface area contributed by atoms with Crippen LogP contribution in [0, 0.1) is 0 Å². The maximum atomic E-state index is 12.8. The molecule has 8 nitrogen and oxygen atoms in total. The molecule has 0 saturated heterocycles. The lowest BCUT2D eigenvalue weighted by molar-refractivity contribution is -0.870. The number of phosphoric ester groups is 1. The molecule has 54 heavy (non-hydrogen) atoms. The molecule has 0 heterocycles. The number of carbonyl (C=O) groups excluding carboxylic acids is 1. The second-order valence-electron chi connectivity index (χ2n) is 16.4. The van der Waals surface area contributed by atoms with E-state index in [2.05, 4.69) is 43.5 Å². The van der Waals surface area contributed by atoms with Crippen LogP contribution in [-0.2, 0) is 18.4 Å². The topological polar surface area (TPSA) is 105 Å². The molecule has 0 rings (SSSR count).